The van der Waals surface area contributed by atoms with Gasteiger partial charge in [-0.15, -0.1) is 11.3 Å². The predicted molar refractivity (Wildman–Crippen MR) is 56.5 cm³/mol. The van der Waals surface area contributed by atoms with Gasteiger partial charge in [0.2, 0.25) is 0 Å². The first kappa shape index (κ1) is 9.34. The van der Waals surface area contributed by atoms with Crippen molar-refractivity contribution in [2.24, 2.45) is 0 Å². The average molecular weight is 208 g/mol. The molecule has 0 saturated carbocycles. The van der Waals surface area contributed by atoms with Gasteiger partial charge in [0, 0.05) is 21.2 Å². The van der Waals surface area contributed by atoms with E-state index in [0.29, 0.717) is 17.5 Å². The summed E-state index contributed by atoms with van der Waals surface area (Å²) in [5.41, 5.74) is 1.24. The molecule has 0 fully saturated rings. The fraction of sp³-hybridized carbons (Fsp3) is 0.182. The van der Waals surface area contributed by atoms with Gasteiger partial charge in [0.1, 0.15) is 0 Å². The van der Waals surface area contributed by atoms with Gasteiger partial charge in [0.05, 0.1) is 0 Å². The van der Waals surface area contributed by atoms with Gasteiger partial charge in [-0.3, -0.25) is 4.79 Å². The number of aldehydes is 1. The van der Waals surface area contributed by atoms with Crippen LogP contribution in [0.15, 0.2) is 18.2 Å². The number of hydrogen-bond acceptors (Lipinski definition) is 2. The maximum atomic E-state index is 13.4. The summed E-state index contributed by atoms with van der Waals surface area (Å²) in [7, 11) is 0. The zero-order chi connectivity index (χ0) is 10.1. The monoisotopic (exact) mass is 208 g/mol. The SMILES string of the molecule is CCc1c(F)sc2cccc(C=O)c12. The Balaban J connectivity index is 2.89. The van der Waals surface area contributed by atoms with E-state index in [4.69, 9.17) is 0 Å². The zero-order valence-corrected chi connectivity index (χ0v) is 8.53. The molecular formula is C11H9FOS. The van der Waals surface area contributed by atoms with E-state index in [0.717, 1.165) is 27.7 Å². The largest absolute Gasteiger partial charge is 0.298 e. The normalized spacial score (nSPS) is 10.7. The van der Waals surface area contributed by atoms with Crippen molar-refractivity contribution in [1.82, 2.24) is 0 Å². The Morgan fingerprint density at radius 3 is 2.93 bits per heavy atom. The third kappa shape index (κ3) is 1.24. The molecule has 0 aliphatic rings. The second kappa shape index (κ2) is 3.50. The fourth-order valence-electron chi connectivity index (χ4n) is 1.63. The standard InChI is InChI=1S/C11H9FOS/c1-2-8-10-7(6-13)4-3-5-9(10)14-11(8)12/h3-6H,2H2,1H3. The molecule has 0 saturated heterocycles. The molecular weight excluding hydrogens is 199 g/mol. The number of carbonyl (C=O) groups is 1. The first-order valence-corrected chi connectivity index (χ1v) is 5.24. The van der Waals surface area contributed by atoms with E-state index in [1.807, 2.05) is 13.0 Å². The summed E-state index contributed by atoms with van der Waals surface area (Å²) in [4.78, 5) is 10.8. The number of hydrogen-bond donors (Lipinski definition) is 0. The van der Waals surface area contributed by atoms with Crippen LogP contribution in [0.4, 0.5) is 4.39 Å². The molecule has 0 unspecified atom stereocenters. The molecule has 0 aliphatic heterocycles. The van der Waals surface area contributed by atoms with Gasteiger partial charge in [-0.2, -0.15) is 4.39 Å². The smallest absolute Gasteiger partial charge is 0.180 e. The van der Waals surface area contributed by atoms with E-state index in [-0.39, 0.29) is 5.13 Å². The molecule has 3 heteroatoms. The fourth-order valence-corrected chi connectivity index (χ4v) is 2.68. The summed E-state index contributed by atoms with van der Waals surface area (Å²) < 4.78 is 14.3. The zero-order valence-electron chi connectivity index (χ0n) is 7.71. The maximum absolute atomic E-state index is 13.4. The van der Waals surface area contributed by atoms with E-state index >= 15 is 0 Å². The van der Waals surface area contributed by atoms with Crippen LogP contribution in [0.5, 0.6) is 0 Å². The second-order valence-corrected chi connectivity index (χ2v) is 4.05. The van der Waals surface area contributed by atoms with Crippen LogP contribution in [0.3, 0.4) is 0 Å². The Labute approximate surface area is 85.2 Å². The van der Waals surface area contributed by atoms with E-state index in [9.17, 15) is 9.18 Å². The molecule has 0 aliphatic carbocycles. The van der Waals surface area contributed by atoms with Crippen LogP contribution in [0.1, 0.15) is 22.8 Å². The maximum Gasteiger partial charge on any atom is 0.180 e. The first-order chi connectivity index (χ1) is 6.77. The van der Waals surface area contributed by atoms with E-state index in [1.54, 1.807) is 12.1 Å². The van der Waals surface area contributed by atoms with Gasteiger partial charge in [-0.1, -0.05) is 19.1 Å². The van der Waals surface area contributed by atoms with Crippen LogP contribution < -0.4 is 0 Å². The van der Waals surface area contributed by atoms with Crippen molar-refractivity contribution in [3.63, 3.8) is 0 Å². The molecule has 0 atom stereocenters. The minimum atomic E-state index is -0.170. The van der Waals surface area contributed by atoms with E-state index < -0.39 is 0 Å². The molecule has 1 heterocycles. The van der Waals surface area contributed by atoms with Crippen molar-refractivity contribution in [3.8, 4) is 0 Å². The molecule has 14 heavy (non-hydrogen) atoms. The third-order valence-corrected chi connectivity index (χ3v) is 3.26. The summed E-state index contributed by atoms with van der Waals surface area (Å²) >= 11 is 1.11. The molecule has 1 nitrogen and oxygen atoms in total. The van der Waals surface area contributed by atoms with Crippen molar-refractivity contribution in [2.75, 3.05) is 0 Å². The van der Waals surface area contributed by atoms with Gasteiger partial charge < -0.3 is 0 Å². The number of halogens is 1. The lowest BCUT2D eigenvalue weighted by Gasteiger charge is -1.97. The van der Waals surface area contributed by atoms with E-state index in [2.05, 4.69) is 0 Å². The number of benzene rings is 1. The van der Waals surface area contributed by atoms with Gasteiger partial charge in [-0.25, -0.2) is 0 Å². The Kier molecular flexibility index (Phi) is 2.33. The molecule has 0 radical (unpaired) electrons. The van der Waals surface area contributed by atoms with Crippen molar-refractivity contribution in [2.45, 2.75) is 13.3 Å². The summed E-state index contributed by atoms with van der Waals surface area (Å²) in [6.07, 6.45) is 1.41. The molecule has 0 amide bonds. The van der Waals surface area contributed by atoms with Crippen molar-refractivity contribution in [1.29, 1.82) is 0 Å². The first-order valence-electron chi connectivity index (χ1n) is 4.43. The number of aryl methyl sites for hydroxylation is 1. The lowest BCUT2D eigenvalue weighted by molar-refractivity contribution is 0.112. The van der Waals surface area contributed by atoms with Crippen LogP contribution in [-0.4, -0.2) is 6.29 Å². The quantitative estimate of drug-likeness (QED) is 0.691. The molecule has 0 N–H and O–H groups in total. The van der Waals surface area contributed by atoms with Crippen LogP contribution in [-0.2, 0) is 6.42 Å². The molecule has 1 aromatic heterocycles. The molecule has 1 aromatic carbocycles. The molecule has 0 bridgehead atoms. The lowest BCUT2D eigenvalue weighted by Crippen LogP contribution is -1.86. The van der Waals surface area contributed by atoms with Crippen LogP contribution in [0.2, 0.25) is 0 Å². The molecule has 72 valence electrons. The Bertz CT molecular complexity index is 487. The molecule has 2 rings (SSSR count). The van der Waals surface area contributed by atoms with Crippen molar-refractivity contribution < 1.29 is 9.18 Å². The van der Waals surface area contributed by atoms with Crippen molar-refractivity contribution >= 4 is 27.7 Å². The highest BCUT2D eigenvalue weighted by atomic mass is 32.1. The van der Waals surface area contributed by atoms with Gasteiger partial charge >= 0.3 is 0 Å². The average Bonchev–Trinajstić information content (AvgIpc) is 2.52. The van der Waals surface area contributed by atoms with Crippen LogP contribution in [0.25, 0.3) is 10.1 Å². The number of rotatable bonds is 2. The molecule has 0 spiro atoms. The minimum absolute atomic E-state index is 0.170. The van der Waals surface area contributed by atoms with Gasteiger partial charge in [0.25, 0.3) is 0 Å². The summed E-state index contributed by atoms with van der Waals surface area (Å²) in [5.74, 6) is 0. The Hall–Kier alpha value is -1.22. The van der Waals surface area contributed by atoms with Crippen LogP contribution in [0, 0.1) is 5.13 Å². The van der Waals surface area contributed by atoms with Gasteiger partial charge in [0.15, 0.2) is 11.4 Å². The Morgan fingerprint density at radius 2 is 2.29 bits per heavy atom. The number of carbonyl (C=O) groups excluding carboxylic acids is 1. The van der Waals surface area contributed by atoms with Crippen LogP contribution >= 0.6 is 11.3 Å². The highest BCUT2D eigenvalue weighted by Crippen LogP contribution is 2.32. The highest BCUT2D eigenvalue weighted by Gasteiger charge is 2.12. The van der Waals surface area contributed by atoms with E-state index in [1.165, 1.54) is 0 Å². The predicted octanol–water partition coefficient (Wildman–Crippen LogP) is 3.42. The number of thiophene rings is 1. The Morgan fingerprint density at radius 1 is 1.50 bits per heavy atom. The highest BCUT2D eigenvalue weighted by molar-refractivity contribution is 7.17. The third-order valence-electron chi connectivity index (χ3n) is 2.28. The minimum Gasteiger partial charge on any atom is -0.298 e. The second-order valence-electron chi connectivity index (χ2n) is 3.05. The van der Waals surface area contributed by atoms with Gasteiger partial charge in [-0.05, 0) is 12.5 Å². The van der Waals surface area contributed by atoms with Crippen molar-refractivity contribution in [3.05, 3.63) is 34.5 Å². The summed E-state index contributed by atoms with van der Waals surface area (Å²) in [6, 6.07) is 5.34. The number of fused-ring (bicyclic) bond motifs is 1. The lowest BCUT2D eigenvalue weighted by atomic mass is 10.1. The summed E-state index contributed by atoms with van der Waals surface area (Å²) in [5, 5.41) is 0.615. The summed E-state index contributed by atoms with van der Waals surface area (Å²) in [6.45, 7) is 1.89. The molecule has 2 aromatic rings. The topological polar surface area (TPSA) is 17.1 Å².